The van der Waals surface area contributed by atoms with Gasteiger partial charge in [-0.1, -0.05) is 30.3 Å². The average Bonchev–Trinajstić information content (AvgIpc) is 2.85. The normalized spacial score (nSPS) is 22.1. The predicted octanol–water partition coefficient (Wildman–Crippen LogP) is 2.09. The summed E-state index contributed by atoms with van der Waals surface area (Å²) in [6, 6.07) is 7.88. The maximum absolute atomic E-state index is 8.86. The van der Waals surface area contributed by atoms with Gasteiger partial charge < -0.3 is 9.64 Å². The van der Waals surface area contributed by atoms with E-state index in [2.05, 4.69) is 5.10 Å². The van der Waals surface area contributed by atoms with Gasteiger partial charge in [0, 0.05) is 26.6 Å². The Morgan fingerprint density at radius 3 is 3.00 bits per heavy atom. The van der Waals surface area contributed by atoms with Crippen molar-refractivity contribution in [3.05, 3.63) is 53.8 Å². The van der Waals surface area contributed by atoms with Gasteiger partial charge in [0.25, 0.3) is 0 Å². The minimum absolute atomic E-state index is 0.0500. The van der Waals surface area contributed by atoms with Crippen LogP contribution in [0.2, 0.25) is 0 Å². The maximum atomic E-state index is 8.86. The first kappa shape index (κ1) is 6.68. The molecule has 1 atom stereocenters. The molecule has 0 aliphatic rings. The molecule has 0 fully saturated rings. The number of aryl methyl sites for hydroxylation is 1. The minimum atomic E-state index is -2.69. The Balaban J connectivity index is 2.47. The number of aromatic nitrogens is 2. The van der Waals surface area contributed by atoms with Crippen LogP contribution in [0, 0.1) is 0 Å². The first-order valence-corrected chi connectivity index (χ1v) is 5.75. The van der Waals surface area contributed by atoms with Gasteiger partial charge in [0.1, 0.15) is 6.08 Å². The van der Waals surface area contributed by atoms with Crippen molar-refractivity contribution in [1.29, 1.82) is 0 Å². The molecule has 0 saturated heterocycles. The second-order valence-corrected chi connectivity index (χ2v) is 3.91. The summed E-state index contributed by atoms with van der Waals surface area (Å²) in [5, 5.41) is 3.82. The molecule has 0 aliphatic carbocycles. The Morgan fingerprint density at radius 1 is 1.58 bits per heavy atom. The third-order valence-electron chi connectivity index (χ3n) is 2.47. The van der Waals surface area contributed by atoms with E-state index in [0.717, 1.165) is 7.05 Å². The van der Waals surface area contributed by atoms with E-state index in [4.69, 9.17) is 15.7 Å². The minimum Gasteiger partial charge on any atom is -0.366 e. The smallest absolute Gasteiger partial charge is 0.124 e. The molecule has 1 heterocycles. The summed E-state index contributed by atoms with van der Waals surface area (Å²) in [6.45, 7) is -5.85. The maximum Gasteiger partial charge on any atom is 0.124 e. The fourth-order valence-corrected chi connectivity index (χ4v) is 1.57. The molecule has 0 spiro atoms. The van der Waals surface area contributed by atoms with Crippen molar-refractivity contribution in [3.63, 3.8) is 0 Å². The van der Waals surface area contributed by atoms with Gasteiger partial charge >= 0.3 is 0 Å². The highest BCUT2D eigenvalue weighted by Gasteiger charge is 2.17. The van der Waals surface area contributed by atoms with Crippen molar-refractivity contribution in [1.82, 2.24) is 14.7 Å². The lowest BCUT2D eigenvalue weighted by atomic mass is 10.1. The van der Waals surface area contributed by atoms with Gasteiger partial charge in [0.15, 0.2) is 0 Å². The Labute approximate surface area is 125 Å². The first-order valence-electron chi connectivity index (χ1n) is 9.75. The van der Waals surface area contributed by atoms with Crippen LogP contribution in [0.1, 0.15) is 28.3 Å². The van der Waals surface area contributed by atoms with Crippen molar-refractivity contribution in [2.24, 2.45) is 7.05 Å². The fourth-order valence-electron chi connectivity index (χ4n) is 1.57. The molecule has 2 aromatic rings. The van der Waals surface area contributed by atoms with Gasteiger partial charge in [0.05, 0.1) is 16.4 Å². The summed E-state index contributed by atoms with van der Waals surface area (Å²) in [7, 11) is 2.57. The zero-order valence-corrected chi connectivity index (χ0v) is 10.8. The molecule has 4 nitrogen and oxygen atoms in total. The Morgan fingerprint density at radius 2 is 2.37 bits per heavy atom. The highest BCUT2D eigenvalue weighted by atomic mass is 16.5. The van der Waals surface area contributed by atoms with Crippen LogP contribution < -0.4 is 0 Å². The Kier molecular flexibility index (Phi) is 2.28. The number of hydrogen-bond donors (Lipinski definition) is 0. The highest BCUT2D eigenvalue weighted by molar-refractivity contribution is 5.25. The number of rotatable bonds is 6. The van der Waals surface area contributed by atoms with Crippen molar-refractivity contribution in [2.75, 3.05) is 27.1 Å². The van der Waals surface area contributed by atoms with Crippen molar-refractivity contribution >= 4 is 0 Å². The summed E-state index contributed by atoms with van der Waals surface area (Å²) < 4.78 is 69.6. The van der Waals surface area contributed by atoms with Gasteiger partial charge in [-0.3, -0.25) is 4.68 Å². The quantitative estimate of drug-likeness (QED) is 0.803. The van der Waals surface area contributed by atoms with Gasteiger partial charge in [0.2, 0.25) is 0 Å². The van der Waals surface area contributed by atoms with E-state index >= 15 is 0 Å². The number of ether oxygens (including phenoxy) is 1. The first-order chi connectivity index (χ1) is 12.3. The molecular weight excluding hydrogens is 238 g/mol. The molecule has 0 N–H and O–H groups in total. The van der Waals surface area contributed by atoms with Crippen LogP contribution in [-0.4, -0.2) is 41.8 Å². The SMILES string of the molecule is [2H]c1nn(C)c(C([2H])(OCC([2H])([2H])N(C)C([2H])([2H])[2H])c2ccccc2)c1[2H]. The van der Waals surface area contributed by atoms with Gasteiger partial charge in [-0.15, -0.1) is 0 Å². The van der Waals surface area contributed by atoms with Crippen LogP contribution in [0.15, 0.2) is 42.5 Å². The summed E-state index contributed by atoms with van der Waals surface area (Å²) in [6.07, 6.45) is -2.39. The van der Waals surface area contributed by atoms with Gasteiger partial charge in [-0.2, -0.15) is 5.10 Å². The molecule has 1 unspecified atom stereocenters. The molecule has 0 aliphatic heterocycles. The Hall–Kier alpha value is -1.65. The fraction of sp³-hybridized carbons (Fsp3) is 0.400. The Bertz CT molecular complexity index is 792. The number of hydrogen-bond acceptors (Lipinski definition) is 3. The van der Waals surface area contributed by atoms with E-state index in [1.165, 1.54) is 11.7 Å². The molecule has 1 aromatic carbocycles. The molecule has 4 heteroatoms. The van der Waals surface area contributed by atoms with Crippen LogP contribution in [0.4, 0.5) is 0 Å². The van der Waals surface area contributed by atoms with Crippen LogP contribution in [0.5, 0.6) is 0 Å². The summed E-state index contributed by atoms with van der Waals surface area (Å²) in [5.74, 6) is 0. The highest BCUT2D eigenvalue weighted by Crippen LogP contribution is 2.25. The van der Waals surface area contributed by atoms with Crippen LogP contribution >= 0.6 is 0 Å². The summed E-state index contributed by atoms with van der Waals surface area (Å²) in [4.78, 5) is 0.548. The summed E-state index contributed by atoms with van der Waals surface area (Å²) >= 11 is 0. The lowest BCUT2D eigenvalue weighted by Crippen LogP contribution is -2.20. The number of nitrogens with zero attached hydrogens (tertiary/aromatic N) is 3. The second-order valence-electron chi connectivity index (χ2n) is 3.91. The average molecular weight is 267 g/mol. The van der Waals surface area contributed by atoms with E-state index in [1.54, 1.807) is 30.3 Å². The van der Waals surface area contributed by atoms with Crippen molar-refractivity contribution in [2.45, 2.75) is 6.08 Å². The van der Waals surface area contributed by atoms with E-state index in [0.29, 0.717) is 10.5 Å². The lowest BCUT2D eigenvalue weighted by Gasteiger charge is -2.20. The van der Waals surface area contributed by atoms with Gasteiger partial charge in [-0.05, 0) is 25.6 Å². The molecule has 0 saturated carbocycles. The van der Waals surface area contributed by atoms with Crippen LogP contribution in [-0.2, 0) is 11.8 Å². The topological polar surface area (TPSA) is 30.3 Å². The predicted molar refractivity (Wildman–Crippen MR) is 76.0 cm³/mol. The van der Waals surface area contributed by atoms with E-state index in [9.17, 15) is 0 Å². The van der Waals surface area contributed by atoms with Gasteiger partial charge in [-0.25, -0.2) is 0 Å². The standard InChI is InChI=1S/C15H21N3O/c1-17(2)11-12-19-15(13-7-5-4-6-8-13)14-9-10-16-18(14)3/h4-10,15H,11-12H2,1-3H3/i1D3,9D,10D,11D2,15D. The van der Waals surface area contributed by atoms with Crippen molar-refractivity contribution in [3.8, 4) is 0 Å². The van der Waals surface area contributed by atoms with E-state index in [-0.39, 0.29) is 17.9 Å². The van der Waals surface area contributed by atoms with Crippen LogP contribution in [0.25, 0.3) is 0 Å². The zero-order valence-electron chi connectivity index (χ0n) is 18.8. The molecule has 0 amide bonds. The van der Waals surface area contributed by atoms with Crippen LogP contribution in [0.3, 0.4) is 0 Å². The van der Waals surface area contributed by atoms with E-state index < -0.39 is 26.2 Å². The lowest BCUT2D eigenvalue weighted by molar-refractivity contribution is 0.0638. The third-order valence-corrected chi connectivity index (χ3v) is 2.47. The summed E-state index contributed by atoms with van der Waals surface area (Å²) in [5.41, 5.74) is 0.250. The monoisotopic (exact) mass is 267 g/mol. The van der Waals surface area contributed by atoms with Crippen molar-refractivity contribution < 1.29 is 15.7 Å². The molecule has 0 radical (unpaired) electrons. The molecule has 0 bridgehead atoms. The second kappa shape index (κ2) is 6.50. The molecular formula is C15H21N3O. The van der Waals surface area contributed by atoms with E-state index in [1.807, 2.05) is 0 Å². The molecule has 2 rings (SSSR count). The molecule has 19 heavy (non-hydrogen) atoms. The zero-order chi connectivity index (χ0) is 20.6. The number of benzene rings is 1. The third kappa shape index (κ3) is 3.66. The largest absolute Gasteiger partial charge is 0.366 e. The molecule has 1 aromatic heterocycles. The number of likely N-dealkylation sites (N-methyl/N-ethyl adjacent to an activating group) is 1. The molecule has 102 valence electrons.